The van der Waals surface area contributed by atoms with Crippen LogP contribution in [0.4, 0.5) is 0 Å². The molecule has 2 aromatic rings. The van der Waals surface area contributed by atoms with Gasteiger partial charge < -0.3 is 14.2 Å². The van der Waals surface area contributed by atoms with Gasteiger partial charge in [-0.15, -0.1) is 0 Å². The summed E-state index contributed by atoms with van der Waals surface area (Å²) in [6.07, 6.45) is 1.56. The van der Waals surface area contributed by atoms with Gasteiger partial charge in [-0.25, -0.2) is 4.79 Å². The van der Waals surface area contributed by atoms with Crippen LogP contribution in [-0.4, -0.2) is 25.8 Å². The number of carboxylic acid groups (broad SMARTS) is 1. The first kappa shape index (κ1) is 15.0. The first-order valence-electron chi connectivity index (χ1n) is 6.69. The van der Waals surface area contributed by atoms with Crippen LogP contribution in [0.5, 0.6) is 0 Å². The number of carboxylic acids is 1. The van der Waals surface area contributed by atoms with Crippen LogP contribution >= 0.6 is 0 Å². The zero-order chi connectivity index (χ0) is 15.6. The summed E-state index contributed by atoms with van der Waals surface area (Å²) in [5.41, 5.74) is 0.324. The minimum atomic E-state index is -1.23. The van der Waals surface area contributed by atoms with Gasteiger partial charge in [0.25, 0.3) is 5.56 Å². The largest absolute Gasteiger partial charge is 0.477 e. The van der Waals surface area contributed by atoms with Gasteiger partial charge in [0.1, 0.15) is 5.56 Å². The summed E-state index contributed by atoms with van der Waals surface area (Å²) < 4.78 is 6.41. The molecule has 0 aliphatic heterocycles. The second kappa shape index (κ2) is 5.90. The second-order valence-corrected chi connectivity index (χ2v) is 4.89. The zero-order valence-corrected chi connectivity index (χ0v) is 12.2. The maximum Gasteiger partial charge on any atom is 0.341 e. The van der Waals surface area contributed by atoms with Gasteiger partial charge in [-0.2, -0.15) is 4.98 Å². The van der Waals surface area contributed by atoms with Crippen molar-refractivity contribution in [2.24, 2.45) is 0 Å². The number of carbonyl (C=O) groups is 1. The molecule has 0 fully saturated rings. The van der Waals surface area contributed by atoms with E-state index >= 15 is 0 Å². The molecule has 0 aliphatic carbocycles. The zero-order valence-electron chi connectivity index (χ0n) is 12.2. The van der Waals surface area contributed by atoms with Crippen LogP contribution in [0, 0.1) is 13.8 Å². The molecule has 112 valence electrons. The summed E-state index contributed by atoms with van der Waals surface area (Å²) in [5, 5.41) is 13.0. The predicted octanol–water partition coefficient (Wildman–Crippen LogP) is 1.55. The van der Waals surface area contributed by atoms with Gasteiger partial charge in [-0.1, -0.05) is 12.1 Å². The normalized spacial score (nSPS) is 10.8. The van der Waals surface area contributed by atoms with E-state index in [0.29, 0.717) is 29.4 Å². The van der Waals surface area contributed by atoms with Crippen molar-refractivity contribution in [3.05, 3.63) is 45.0 Å². The van der Waals surface area contributed by atoms with Crippen LogP contribution in [0.3, 0.4) is 0 Å². The molecule has 7 heteroatoms. The van der Waals surface area contributed by atoms with Gasteiger partial charge in [0.15, 0.2) is 5.82 Å². The summed E-state index contributed by atoms with van der Waals surface area (Å²) >= 11 is 0. The fourth-order valence-electron chi connectivity index (χ4n) is 2.20. The summed E-state index contributed by atoms with van der Waals surface area (Å²) in [6.45, 7) is 5.44. The van der Waals surface area contributed by atoms with E-state index in [2.05, 4.69) is 10.1 Å². The van der Waals surface area contributed by atoms with Crippen LogP contribution in [0.15, 0.2) is 15.4 Å². The van der Waals surface area contributed by atoms with E-state index in [-0.39, 0.29) is 12.1 Å². The molecule has 7 nitrogen and oxygen atoms in total. The number of hydrogen-bond donors (Lipinski definition) is 1. The van der Waals surface area contributed by atoms with Crippen molar-refractivity contribution in [3.63, 3.8) is 0 Å². The van der Waals surface area contributed by atoms with Crippen LogP contribution in [-0.2, 0) is 13.0 Å². The lowest BCUT2D eigenvalue weighted by Gasteiger charge is -2.10. The lowest BCUT2D eigenvalue weighted by molar-refractivity contribution is 0.0693. The molecule has 2 aromatic heterocycles. The van der Waals surface area contributed by atoms with E-state index in [9.17, 15) is 9.59 Å². The molecule has 0 bridgehead atoms. The van der Waals surface area contributed by atoms with Gasteiger partial charge in [0.2, 0.25) is 5.89 Å². The number of rotatable bonds is 5. The minimum absolute atomic E-state index is 0.0957. The van der Waals surface area contributed by atoms with Crippen molar-refractivity contribution in [2.75, 3.05) is 0 Å². The Bertz CT molecular complexity index is 730. The van der Waals surface area contributed by atoms with E-state index in [4.69, 9.17) is 9.63 Å². The highest BCUT2D eigenvalue weighted by Crippen LogP contribution is 2.08. The number of pyridine rings is 1. The Hall–Kier alpha value is -2.44. The molecule has 0 saturated heterocycles. The average Bonchev–Trinajstić information content (AvgIpc) is 2.81. The Labute approximate surface area is 121 Å². The summed E-state index contributed by atoms with van der Waals surface area (Å²) in [7, 11) is 0. The van der Waals surface area contributed by atoms with Crippen molar-refractivity contribution >= 4 is 5.97 Å². The second-order valence-electron chi connectivity index (χ2n) is 4.89. The highest BCUT2D eigenvalue weighted by molar-refractivity contribution is 5.88. The molecular formula is C14H17N3O4. The SMILES string of the molecule is CCCc1nc(Cn2c(C)cc(C)c(C(=O)O)c2=O)no1. The van der Waals surface area contributed by atoms with Crippen LogP contribution in [0.25, 0.3) is 0 Å². The molecule has 0 aromatic carbocycles. The number of hydrogen-bond acceptors (Lipinski definition) is 5. The third-order valence-corrected chi connectivity index (χ3v) is 3.19. The smallest absolute Gasteiger partial charge is 0.341 e. The summed E-state index contributed by atoms with van der Waals surface area (Å²) in [6, 6.07) is 1.66. The topological polar surface area (TPSA) is 98.2 Å². The van der Waals surface area contributed by atoms with E-state index in [1.165, 1.54) is 4.57 Å². The Morgan fingerprint density at radius 2 is 2.14 bits per heavy atom. The Balaban J connectivity index is 2.41. The van der Waals surface area contributed by atoms with Crippen LogP contribution in [0.1, 0.15) is 46.7 Å². The summed E-state index contributed by atoms with van der Waals surface area (Å²) in [5.74, 6) is -0.348. The molecular weight excluding hydrogens is 274 g/mol. The minimum Gasteiger partial charge on any atom is -0.477 e. The molecule has 0 amide bonds. The van der Waals surface area contributed by atoms with E-state index < -0.39 is 11.5 Å². The molecule has 0 radical (unpaired) electrons. The fourth-order valence-corrected chi connectivity index (χ4v) is 2.20. The lowest BCUT2D eigenvalue weighted by Crippen LogP contribution is -2.30. The highest BCUT2D eigenvalue weighted by Gasteiger charge is 2.17. The predicted molar refractivity (Wildman–Crippen MR) is 74.5 cm³/mol. The molecule has 0 aliphatic rings. The number of aromatic nitrogens is 3. The maximum atomic E-state index is 12.3. The standard InChI is InChI=1S/C14H17N3O4/c1-4-5-11-15-10(16-21-11)7-17-9(3)6-8(2)12(13(17)18)14(19)20/h6H,4-5,7H2,1-3H3,(H,19,20). The van der Waals surface area contributed by atoms with Crippen LogP contribution < -0.4 is 5.56 Å². The molecule has 0 unspecified atom stereocenters. The fraction of sp³-hybridized carbons (Fsp3) is 0.429. The lowest BCUT2D eigenvalue weighted by atomic mass is 10.1. The monoisotopic (exact) mass is 291 g/mol. The van der Waals surface area contributed by atoms with Gasteiger partial charge in [-0.05, 0) is 31.9 Å². The van der Waals surface area contributed by atoms with E-state index in [1.54, 1.807) is 19.9 Å². The summed E-state index contributed by atoms with van der Waals surface area (Å²) in [4.78, 5) is 27.7. The van der Waals surface area contributed by atoms with Crippen molar-refractivity contribution < 1.29 is 14.4 Å². The highest BCUT2D eigenvalue weighted by atomic mass is 16.5. The number of aromatic carboxylic acids is 1. The van der Waals surface area contributed by atoms with Crippen molar-refractivity contribution in [1.82, 2.24) is 14.7 Å². The van der Waals surface area contributed by atoms with Gasteiger partial charge in [0, 0.05) is 12.1 Å². The van der Waals surface area contributed by atoms with Gasteiger partial charge >= 0.3 is 5.97 Å². The molecule has 2 heterocycles. The average molecular weight is 291 g/mol. The number of nitrogens with zero attached hydrogens (tertiary/aromatic N) is 3. The third kappa shape index (κ3) is 3.01. The van der Waals surface area contributed by atoms with Gasteiger partial charge in [-0.3, -0.25) is 4.79 Å². The maximum absolute atomic E-state index is 12.3. The Morgan fingerprint density at radius 3 is 2.76 bits per heavy atom. The van der Waals surface area contributed by atoms with Crippen molar-refractivity contribution in [2.45, 2.75) is 40.2 Å². The molecule has 1 N–H and O–H groups in total. The van der Waals surface area contributed by atoms with Crippen molar-refractivity contribution in [1.29, 1.82) is 0 Å². The van der Waals surface area contributed by atoms with E-state index in [1.807, 2.05) is 6.92 Å². The number of aryl methyl sites for hydroxylation is 3. The van der Waals surface area contributed by atoms with Crippen LogP contribution in [0.2, 0.25) is 0 Å². The molecule has 21 heavy (non-hydrogen) atoms. The first-order chi connectivity index (χ1) is 9.93. The molecule has 0 spiro atoms. The van der Waals surface area contributed by atoms with Gasteiger partial charge in [0.05, 0.1) is 6.54 Å². The van der Waals surface area contributed by atoms with Crippen molar-refractivity contribution in [3.8, 4) is 0 Å². The Kier molecular flexibility index (Phi) is 4.21. The molecule has 0 atom stereocenters. The molecule has 2 rings (SSSR count). The molecule has 0 saturated carbocycles. The third-order valence-electron chi connectivity index (χ3n) is 3.19. The van der Waals surface area contributed by atoms with E-state index in [0.717, 1.165) is 6.42 Å². The Morgan fingerprint density at radius 1 is 1.43 bits per heavy atom. The quantitative estimate of drug-likeness (QED) is 0.897. The first-order valence-corrected chi connectivity index (χ1v) is 6.69.